The second-order valence-corrected chi connectivity index (χ2v) is 7.81. The number of benzene rings is 1. The lowest BCUT2D eigenvalue weighted by Crippen LogP contribution is -2.22. The van der Waals surface area contributed by atoms with Crippen molar-refractivity contribution in [1.82, 2.24) is 15.0 Å². The zero-order valence-corrected chi connectivity index (χ0v) is 16.9. The van der Waals surface area contributed by atoms with Gasteiger partial charge < -0.3 is 11.5 Å². The van der Waals surface area contributed by atoms with Gasteiger partial charge in [-0.15, -0.1) is 11.3 Å². The summed E-state index contributed by atoms with van der Waals surface area (Å²) in [5, 5.41) is 3.06. The molecule has 2 aromatic heterocycles. The smallest absolute Gasteiger partial charge is 0.230 e. The largest absolute Gasteiger partial charge is 0.383 e. The van der Waals surface area contributed by atoms with Crippen LogP contribution in [0, 0.1) is 13.8 Å². The Morgan fingerprint density at radius 2 is 1.81 bits per heavy atom. The fourth-order valence-electron chi connectivity index (χ4n) is 2.42. The molecule has 0 saturated carbocycles. The van der Waals surface area contributed by atoms with Crippen LogP contribution in [-0.4, -0.2) is 20.9 Å². The van der Waals surface area contributed by atoms with Crippen molar-refractivity contribution in [3.05, 3.63) is 46.5 Å². The number of nitrogens with two attached hydrogens (primary N) is 2. The van der Waals surface area contributed by atoms with Crippen LogP contribution in [-0.2, 0) is 10.5 Å². The van der Waals surface area contributed by atoms with E-state index >= 15 is 0 Å². The van der Waals surface area contributed by atoms with Crippen LogP contribution in [0.15, 0.2) is 34.8 Å². The summed E-state index contributed by atoms with van der Waals surface area (Å²) in [7, 11) is 0. The van der Waals surface area contributed by atoms with E-state index in [1.807, 2.05) is 37.4 Å². The van der Waals surface area contributed by atoms with Gasteiger partial charge in [0.25, 0.3) is 0 Å². The van der Waals surface area contributed by atoms with Crippen molar-refractivity contribution in [3.63, 3.8) is 0 Å². The number of hydrogen-bond donors (Lipinski definition) is 2. The monoisotopic (exact) mass is 400 g/mol. The second kappa shape index (κ2) is 7.93. The number of rotatable bonds is 5. The van der Waals surface area contributed by atoms with Crippen molar-refractivity contribution in [2.24, 2.45) is 0 Å². The van der Waals surface area contributed by atoms with E-state index in [1.54, 1.807) is 4.90 Å². The highest BCUT2D eigenvalue weighted by Gasteiger charge is 2.18. The van der Waals surface area contributed by atoms with Crippen LogP contribution in [0.25, 0.3) is 0 Å². The zero-order valence-electron chi connectivity index (χ0n) is 15.3. The first-order valence-electron chi connectivity index (χ1n) is 8.18. The molecule has 0 bridgehead atoms. The molecule has 1 aromatic carbocycles. The Hall–Kier alpha value is -2.65. The minimum atomic E-state index is -0.0845. The van der Waals surface area contributed by atoms with Gasteiger partial charge in [0, 0.05) is 24.1 Å². The summed E-state index contributed by atoms with van der Waals surface area (Å²) in [6.07, 6.45) is 0. The molecule has 3 aromatic rings. The van der Waals surface area contributed by atoms with Gasteiger partial charge in [-0.1, -0.05) is 17.8 Å². The number of amides is 1. The van der Waals surface area contributed by atoms with Crippen LogP contribution in [0.4, 0.5) is 22.5 Å². The molecule has 0 aliphatic carbocycles. The SMILES string of the molecule is CC(=O)N(c1ccc(C)c(C)c1)c1nc(CSc2nc(N)cc(N)n2)cs1. The van der Waals surface area contributed by atoms with Crippen molar-refractivity contribution >= 4 is 51.5 Å². The maximum absolute atomic E-state index is 12.2. The average Bonchev–Trinajstić information content (AvgIpc) is 3.04. The Labute approximate surface area is 165 Å². The highest BCUT2D eigenvalue weighted by atomic mass is 32.2. The third kappa shape index (κ3) is 4.55. The van der Waals surface area contributed by atoms with Crippen LogP contribution in [0.1, 0.15) is 23.7 Å². The van der Waals surface area contributed by atoms with E-state index in [0.29, 0.717) is 27.7 Å². The Morgan fingerprint density at radius 3 is 2.44 bits per heavy atom. The van der Waals surface area contributed by atoms with Gasteiger partial charge in [-0.2, -0.15) is 0 Å². The van der Waals surface area contributed by atoms with E-state index in [4.69, 9.17) is 11.5 Å². The lowest BCUT2D eigenvalue weighted by molar-refractivity contribution is -0.115. The number of nitrogen functional groups attached to an aromatic ring is 2. The van der Waals surface area contributed by atoms with Gasteiger partial charge >= 0.3 is 0 Å². The summed E-state index contributed by atoms with van der Waals surface area (Å²) in [6, 6.07) is 7.45. The number of carbonyl (C=O) groups is 1. The highest BCUT2D eigenvalue weighted by molar-refractivity contribution is 7.98. The van der Waals surface area contributed by atoms with E-state index in [2.05, 4.69) is 15.0 Å². The number of carbonyl (C=O) groups excluding carboxylic acids is 1. The molecule has 1 amide bonds. The molecule has 0 aliphatic heterocycles. The summed E-state index contributed by atoms with van der Waals surface area (Å²) >= 11 is 2.82. The van der Waals surface area contributed by atoms with Gasteiger partial charge in [-0.3, -0.25) is 9.69 Å². The molecule has 0 unspecified atom stereocenters. The van der Waals surface area contributed by atoms with Crippen molar-refractivity contribution in [3.8, 4) is 0 Å². The first kappa shape index (κ1) is 19.1. The maximum atomic E-state index is 12.2. The number of nitrogens with zero attached hydrogens (tertiary/aromatic N) is 4. The number of thiazole rings is 1. The molecule has 2 heterocycles. The molecule has 0 radical (unpaired) electrons. The summed E-state index contributed by atoms with van der Waals surface area (Å²) in [6.45, 7) is 5.60. The Kier molecular flexibility index (Phi) is 5.62. The van der Waals surface area contributed by atoms with E-state index in [0.717, 1.165) is 16.9 Å². The highest BCUT2D eigenvalue weighted by Crippen LogP contribution is 2.31. The molecular formula is C18H20N6OS2. The van der Waals surface area contributed by atoms with Crippen LogP contribution in [0.2, 0.25) is 0 Å². The Morgan fingerprint density at radius 1 is 1.11 bits per heavy atom. The predicted molar refractivity (Wildman–Crippen MR) is 111 cm³/mol. The minimum absolute atomic E-state index is 0.0845. The van der Waals surface area contributed by atoms with Crippen LogP contribution in [0.3, 0.4) is 0 Å². The van der Waals surface area contributed by atoms with Crippen LogP contribution >= 0.6 is 23.1 Å². The summed E-state index contributed by atoms with van der Waals surface area (Å²) < 4.78 is 0. The zero-order chi connectivity index (χ0) is 19.6. The lowest BCUT2D eigenvalue weighted by Gasteiger charge is -2.19. The predicted octanol–water partition coefficient (Wildman–Crippen LogP) is 3.69. The van der Waals surface area contributed by atoms with Gasteiger partial charge in [-0.05, 0) is 37.1 Å². The molecular weight excluding hydrogens is 380 g/mol. The first-order valence-corrected chi connectivity index (χ1v) is 10.0. The third-order valence-electron chi connectivity index (χ3n) is 3.89. The molecule has 0 fully saturated rings. The molecule has 4 N–H and O–H groups in total. The van der Waals surface area contributed by atoms with Gasteiger partial charge in [0.05, 0.1) is 11.4 Å². The lowest BCUT2D eigenvalue weighted by atomic mass is 10.1. The Balaban J connectivity index is 1.79. The number of anilines is 4. The number of thioether (sulfide) groups is 1. The summed E-state index contributed by atoms with van der Waals surface area (Å²) in [5.74, 6) is 1.14. The van der Waals surface area contributed by atoms with E-state index < -0.39 is 0 Å². The first-order chi connectivity index (χ1) is 12.8. The summed E-state index contributed by atoms with van der Waals surface area (Å²) in [5.41, 5.74) is 15.3. The van der Waals surface area contributed by atoms with Crippen molar-refractivity contribution in [2.75, 3.05) is 16.4 Å². The molecule has 27 heavy (non-hydrogen) atoms. The van der Waals surface area contributed by atoms with Crippen molar-refractivity contribution in [1.29, 1.82) is 0 Å². The van der Waals surface area contributed by atoms with Crippen LogP contribution in [0.5, 0.6) is 0 Å². The van der Waals surface area contributed by atoms with Crippen molar-refractivity contribution in [2.45, 2.75) is 31.7 Å². The van der Waals surface area contributed by atoms with Gasteiger partial charge in [0.1, 0.15) is 11.6 Å². The van der Waals surface area contributed by atoms with Crippen LogP contribution < -0.4 is 16.4 Å². The quantitative estimate of drug-likeness (QED) is 0.496. The van der Waals surface area contributed by atoms with Crippen molar-refractivity contribution < 1.29 is 4.79 Å². The number of aromatic nitrogens is 3. The third-order valence-corrected chi connectivity index (χ3v) is 5.64. The molecule has 140 valence electrons. The normalized spacial score (nSPS) is 10.8. The summed E-state index contributed by atoms with van der Waals surface area (Å²) in [4.78, 5) is 26.8. The molecule has 3 rings (SSSR count). The molecule has 0 atom stereocenters. The van der Waals surface area contributed by atoms with E-state index in [9.17, 15) is 4.79 Å². The average molecular weight is 401 g/mol. The molecule has 0 spiro atoms. The standard InChI is InChI=1S/C18H20N6OS2/c1-10-4-5-14(6-11(10)2)24(12(3)25)18-21-13(9-27-18)8-26-17-22-15(19)7-16(20)23-17/h4-7,9H,8H2,1-3H3,(H4,19,20,22,23). The fraction of sp³-hybridized carbons (Fsp3) is 0.222. The number of aryl methyl sites for hydroxylation is 2. The molecule has 0 aliphatic rings. The number of hydrogen-bond acceptors (Lipinski definition) is 8. The molecule has 9 heteroatoms. The maximum Gasteiger partial charge on any atom is 0.230 e. The van der Waals surface area contributed by atoms with Gasteiger partial charge in [0.2, 0.25) is 5.91 Å². The topological polar surface area (TPSA) is 111 Å². The van der Waals surface area contributed by atoms with Gasteiger partial charge in [-0.25, -0.2) is 15.0 Å². The van der Waals surface area contributed by atoms with E-state index in [-0.39, 0.29) is 5.91 Å². The minimum Gasteiger partial charge on any atom is -0.383 e. The van der Waals surface area contributed by atoms with Gasteiger partial charge in [0.15, 0.2) is 10.3 Å². The second-order valence-electron chi connectivity index (χ2n) is 6.03. The molecule has 7 nitrogen and oxygen atoms in total. The molecule has 0 saturated heterocycles. The van der Waals surface area contributed by atoms with E-state index in [1.165, 1.54) is 41.7 Å². The Bertz CT molecular complexity index is 967. The fourth-order valence-corrected chi connectivity index (χ4v) is 4.18.